The van der Waals surface area contributed by atoms with Crippen LogP contribution in [0.3, 0.4) is 0 Å². The molecule has 12 nitrogen and oxygen atoms in total. The Kier molecular flexibility index (Phi) is 4.87. The molecule has 0 spiro atoms. The molecule has 3 amide bonds. The maximum atomic E-state index is 12.5. The lowest BCUT2D eigenvalue weighted by atomic mass is 10.0. The standard InChI is InChI=1S/C11H20N4O8S2/c16-10(12-13-3-5-24(18,19)6-4-13)9-2-1-8-7-14(9)11(17)15(8)23-25(20,21)22/h8-9,18-19H,1-7H2,(H,12,16)(H,20,21,22)/t8-,9+/m1/s1. The van der Waals surface area contributed by atoms with Crippen LogP contribution in [0.2, 0.25) is 0 Å². The Balaban J connectivity index is 1.61. The van der Waals surface area contributed by atoms with Crippen molar-refractivity contribution in [2.24, 2.45) is 0 Å². The molecule has 2 bridgehead atoms. The van der Waals surface area contributed by atoms with E-state index in [4.69, 9.17) is 4.55 Å². The molecule has 3 fully saturated rings. The fourth-order valence-corrected chi connectivity index (χ4v) is 4.79. The van der Waals surface area contributed by atoms with Crippen LogP contribution in [0.5, 0.6) is 0 Å². The summed E-state index contributed by atoms with van der Waals surface area (Å²) in [6.45, 7) is 0.692. The second kappa shape index (κ2) is 6.53. The van der Waals surface area contributed by atoms with E-state index in [0.717, 1.165) is 0 Å². The van der Waals surface area contributed by atoms with Crippen LogP contribution in [-0.4, -0.2) is 92.2 Å². The lowest BCUT2D eigenvalue weighted by molar-refractivity contribution is -0.131. The average Bonchev–Trinajstić information content (AvgIpc) is 2.73. The Bertz CT molecular complexity index is 661. The van der Waals surface area contributed by atoms with Crippen molar-refractivity contribution in [3.8, 4) is 0 Å². The van der Waals surface area contributed by atoms with Gasteiger partial charge in [0.1, 0.15) is 6.04 Å². The summed E-state index contributed by atoms with van der Waals surface area (Å²) in [5.41, 5.74) is 2.66. The molecule has 0 aromatic carbocycles. The number of nitrogens with one attached hydrogen (secondary N) is 1. The van der Waals surface area contributed by atoms with Crippen LogP contribution in [0.1, 0.15) is 12.8 Å². The van der Waals surface area contributed by atoms with Crippen molar-refractivity contribution in [1.82, 2.24) is 20.4 Å². The summed E-state index contributed by atoms with van der Waals surface area (Å²) >= 11 is 0. The van der Waals surface area contributed by atoms with E-state index in [0.29, 0.717) is 17.9 Å². The van der Waals surface area contributed by atoms with Crippen LogP contribution in [-0.2, 0) is 19.5 Å². The Labute approximate surface area is 145 Å². The van der Waals surface area contributed by atoms with Crippen LogP contribution in [0.25, 0.3) is 0 Å². The summed E-state index contributed by atoms with van der Waals surface area (Å²) < 4.78 is 53.9. The van der Waals surface area contributed by atoms with Gasteiger partial charge in [0.15, 0.2) is 0 Å². The molecule has 2 atom stereocenters. The number of carbonyl (C=O) groups excluding carboxylic acids is 2. The highest BCUT2D eigenvalue weighted by atomic mass is 32.3. The molecule has 0 unspecified atom stereocenters. The van der Waals surface area contributed by atoms with Crippen LogP contribution in [0.4, 0.5) is 4.79 Å². The number of hydrogen-bond acceptors (Lipinski definition) is 8. The molecule has 3 rings (SSSR count). The number of nitrogens with zero attached hydrogens (tertiary/aromatic N) is 3. The minimum Gasteiger partial charge on any atom is -0.309 e. The van der Waals surface area contributed by atoms with Crippen molar-refractivity contribution in [3.63, 3.8) is 0 Å². The minimum atomic E-state index is -4.83. The van der Waals surface area contributed by atoms with Gasteiger partial charge < -0.3 is 4.90 Å². The van der Waals surface area contributed by atoms with Crippen LogP contribution < -0.4 is 5.43 Å². The third-order valence-electron chi connectivity index (χ3n) is 4.44. The lowest BCUT2D eigenvalue weighted by Crippen LogP contribution is -2.56. The van der Waals surface area contributed by atoms with E-state index in [1.165, 1.54) is 4.90 Å². The van der Waals surface area contributed by atoms with Gasteiger partial charge in [0.25, 0.3) is 5.91 Å². The third kappa shape index (κ3) is 4.16. The highest BCUT2D eigenvalue weighted by Crippen LogP contribution is 2.40. The van der Waals surface area contributed by atoms with E-state index >= 15 is 0 Å². The zero-order chi connectivity index (χ0) is 18.4. The fraction of sp³-hybridized carbons (Fsp3) is 0.818. The second-order valence-corrected chi connectivity index (χ2v) is 9.61. The summed E-state index contributed by atoms with van der Waals surface area (Å²) in [4.78, 5) is 25.9. The van der Waals surface area contributed by atoms with E-state index in [2.05, 4.69) is 9.71 Å². The Hall–Kier alpha value is -1.16. The molecule has 25 heavy (non-hydrogen) atoms. The van der Waals surface area contributed by atoms with Gasteiger partial charge in [0.2, 0.25) is 0 Å². The highest BCUT2D eigenvalue weighted by molar-refractivity contribution is 8.24. The maximum Gasteiger partial charge on any atom is 0.418 e. The summed E-state index contributed by atoms with van der Waals surface area (Å²) in [6.07, 6.45) is 0.660. The minimum absolute atomic E-state index is 0.118. The van der Waals surface area contributed by atoms with Gasteiger partial charge in [0, 0.05) is 19.6 Å². The van der Waals surface area contributed by atoms with Crippen molar-refractivity contribution >= 4 is 32.9 Å². The Morgan fingerprint density at radius 2 is 1.88 bits per heavy atom. The van der Waals surface area contributed by atoms with Crippen molar-refractivity contribution in [3.05, 3.63) is 0 Å². The molecule has 0 aromatic rings. The van der Waals surface area contributed by atoms with Gasteiger partial charge in [-0.25, -0.2) is 9.80 Å². The zero-order valence-corrected chi connectivity index (χ0v) is 14.8. The highest BCUT2D eigenvalue weighted by Gasteiger charge is 2.49. The normalized spacial score (nSPS) is 31.1. The first-order chi connectivity index (χ1) is 11.6. The average molecular weight is 400 g/mol. The van der Waals surface area contributed by atoms with E-state index in [9.17, 15) is 27.1 Å². The summed E-state index contributed by atoms with van der Waals surface area (Å²) in [7, 11) is -7.41. The molecule has 3 aliphatic heterocycles. The summed E-state index contributed by atoms with van der Waals surface area (Å²) in [6, 6.07) is -2.14. The first kappa shape index (κ1) is 18.6. The van der Waals surface area contributed by atoms with E-state index < -0.39 is 45.0 Å². The molecule has 0 aliphatic carbocycles. The van der Waals surface area contributed by atoms with Crippen LogP contribution >= 0.6 is 10.6 Å². The predicted molar refractivity (Wildman–Crippen MR) is 85.7 cm³/mol. The number of carbonyl (C=O) groups is 2. The number of rotatable bonds is 4. The molecular weight excluding hydrogens is 380 g/mol. The molecule has 3 heterocycles. The van der Waals surface area contributed by atoms with E-state index in [1.807, 2.05) is 0 Å². The van der Waals surface area contributed by atoms with Gasteiger partial charge in [0.05, 0.1) is 17.5 Å². The predicted octanol–water partition coefficient (Wildman–Crippen LogP) is -0.913. The molecule has 0 aromatic heterocycles. The quantitative estimate of drug-likeness (QED) is 0.438. The van der Waals surface area contributed by atoms with Crippen molar-refractivity contribution in [2.45, 2.75) is 24.9 Å². The smallest absolute Gasteiger partial charge is 0.309 e. The van der Waals surface area contributed by atoms with E-state index in [1.54, 1.807) is 5.01 Å². The number of hydrogen-bond donors (Lipinski definition) is 4. The van der Waals surface area contributed by atoms with Crippen molar-refractivity contribution in [2.75, 3.05) is 31.1 Å². The number of urea groups is 1. The van der Waals surface area contributed by atoms with Crippen LogP contribution in [0, 0.1) is 0 Å². The SMILES string of the molecule is O=C(NN1CCS(O)(O)CC1)[C@@H]1CC[C@@H]2CN1C(=O)N2OS(=O)(=O)O. The molecule has 14 heteroatoms. The molecule has 0 radical (unpaired) electrons. The van der Waals surface area contributed by atoms with Crippen LogP contribution in [0.15, 0.2) is 0 Å². The number of hydrazine groups is 1. The van der Waals surface area contributed by atoms with Crippen molar-refractivity contribution in [1.29, 1.82) is 0 Å². The maximum absolute atomic E-state index is 12.5. The number of hydroxylamine groups is 2. The lowest BCUT2D eigenvalue weighted by Gasteiger charge is -2.41. The first-order valence-corrected chi connectivity index (χ1v) is 10.9. The largest absolute Gasteiger partial charge is 0.418 e. The summed E-state index contributed by atoms with van der Waals surface area (Å²) in [5, 5.41) is 2.15. The second-order valence-electron chi connectivity index (χ2n) is 6.18. The van der Waals surface area contributed by atoms with Gasteiger partial charge in [-0.1, -0.05) is 0 Å². The number of amides is 3. The molecular formula is C11H20N4O8S2. The van der Waals surface area contributed by atoms with Crippen molar-refractivity contribution < 1.29 is 35.9 Å². The molecule has 3 saturated heterocycles. The van der Waals surface area contributed by atoms with Gasteiger partial charge >= 0.3 is 16.4 Å². The number of fused-ring (bicyclic) bond motifs is 2. The molecule has 4 N–H and O–H groups in total. The van der Waals surface area contributed by atoms with Gasteiger partial charge in [-0.2, -0.15) is 24.1 Å². The number of piperidine rings is 1. The third-order valence-corrected chi connectivity index (χ3v) is 6.47. The molecule has 0 saturated carbocycles. The molecule has 144 valence electrons. The topological polar surface area (TPSA) is 160 Å². The summed E-state index contributed by atoms with van der Waals surface area (Å²) in [5.74, 6) is -0.101. The fourth-order valence-electron chi connectivity index (χ4n) is 3.17. The zero-order valence-electron chi connectivity index (χ0n) is 13.1. The Morgan fingerprint density at radius 1 is 1.24 bits per heavy atom. The van der Waals surface area contributed by atoms with Gasteiger partial charge in [-0.05, 0) is 12.8 Å². The molecule has 3 aliphatic rings. The Morgan fingerprint density at radius 3 is 2.48 bits per heavy atom. The van der Waals surface area contributed by atoms with Gasteiger partial charge in [-0.3, -0.25) is 23.9 Å². The van der Waals surface area contributed by atoms with Gasteiger partial charge in [-0.15, -0.1) is 4.28 Å². The van der Waals surface area contributed by atoms with E-state index in [-0.39, 0.29) is 31.1 Å². The monoisotopic (exact) mass is 400 g/mol. The first-order valence-electron chi connectivity index (χ1n) is 7.62.